The molecule has 4 aromatic rings. The zero-order valence-corrected chi connectivity index (χ0v) is 22.7. The maximum atomic E-state index is 12.4. The van der Waals surface area contributed by atoms with Gasteiger partial charge in [-0.2, -0.15) is 0 Å². The van der Waals surface area contributed by atoms with Gasteiger partial charge in [-0.3, -0.25) is 4.99 Å². The van der Waals surface area contributed by atoms with Crippen LogP contribution in [-0.4, -0.2) is 29.8 Å². The fraction of sp³-hybridized carbons (Fsp3) is 0.207. The number of benzene rings is 2. The van der Waals surface area contributed by atoms with Gasteiger partial charge in [0.25, 0.3) is 0 Å². The lowest BCUT2D eigenvalue weighted by atomic mass is 10.0. The van der Waals surface area contributed by atoms with Crippen molar-refractivity contribution in [2.24, 2.45) is 4.99 Å². The van der Waals surface area contributed by atoms with Crippen molar-refractivity contribution in [3.63, 3.8) is 0 Å². The summed E-state index contributed by atoms with van der Waals surface area (Å²) in [6.07, 6.45) is 6.39. The molecule has 2 aromatic carbocycles. The van der Waals surface area contributed by atoms with Crippen molar-refractivity contribution in [2.45, 2.75) is 32.9 Å². The van der Waals surface area contributed by atoms with Gasteiger partial charge in [0.1, 0.15) is 17.5 Å². The van der Waals surface area contributed by atoms with Crippen molar-refractivity contribution < 1.29 is 14.3 Å². The molecule has 8 heteroatoms. The number of rotatable bonds is 8. The molecule has 5 nitrogen and oxygen atoms in total. The van der Waals surface area contributed by atoms with Gasteiger partial charge in [0, 0.05) is 28.4 Å². The van der Waals surface area contributed by atoms with E-state index < -0.39 is 5.97 Å². The summed E-state index contributed by atoms with van der Waals surface area (Å²) in [6.45, 7) is 4.38. The minimum atomic E-state index is -0.407. The SMILES string of the molecule is CCOC(=O)c1cnc(Cl)c2c(COc3cc(C4=CC(Cc5ccc(Cl)cc5)N=C4)ccc3C)csc12. The van der Waals surface area contributed by atoms with Crippen molar-refractivity contribution in [3.05, 3.63) is 98.1 Å². The highest BCUT2D eigenvalue weighted by Gasteiger charge is 2.19. The molecule has 37 heavy (non-hydrogen) atoms. The van der Waals surface area contributed by atoms with Crippen molar-refractivity contribution in [3.8, 4) is 5.75 Å². The zero-order valence-electron chi connectivity index (χ0n) is 20.3. The first-order valence-corrected chi connectivity index (χ1v) is 13.5. The summed E-state index contributed by atoms with van der Waals surface area (Å²) in [6, 6.07) is 14.1. The molecule has 0 spiro atoms. The van der Waals surface area contributed by atoms with Crippen molar-refractivity contribution in [1.29, 1.82) is 0 Å². The molecule has 0 N–H and O–H groups in total. The standard InChI is InChI=1S/C29H24Cl2N2O3S/c1-3-35-29(34)24-14-33-28(31)26-21(16-37-27(24)26)15-36-25-12-19(7-4-17(25)2)20-11-23(32-13-20)10-18-5-8-22(30)9-6-18/h4-9,11-14,16,23H,3,10,15H2,1-2H3. The van der Waals surface area contributed by atoms with Gasteiger partial charge in [-0.05, 0) is 66.1 Å². The molecule has 0 saturated heterocycles. The van der Waals surface area contributed by atoms with E-state index in [-0.39, 0.29) is 6.04 Å². The Balaban J connectivity index is 1.34. The maximum Gasteiger partial charge on any atom is 0.341 e. The van der Waals surface area contributed by atoms with Crippen LogP contribution in [0.4, 0.5) is 0 Å². The summed E-state index contributed by atoms with van der Waals surface area (Å²) in [5, 5.41) is 3.75. The molecule has 1 atom stereocenters. The summed E-state index contributed by atoms with van der Waals surface area (Å²) in [4.78, 5) is 21.2. The molecule has 1 aliphatic heterocycles. The van der Waals surface area contributed by atoms with Crippen LogP contribution in [0.25, 0.3) is 15.7 Å². The van der Waals surface area contributed by atoms with E-state index in [1.165, 1.54) is 23.1 Å². The number of ether oxygens (including phenoxy) is 2. The average molecular weight is 551 g/mol. The molecule has 2 aromatic heterocycles. The van der Waals surface area contributed by atoms with Crippen molar-refractivity contribution >= 4 is 62.4 Å². The first-order valence-electron chi connectivity index (χ1n) is 11.9. The van der Waals surface area contributed by atoms with Gasteiger partial charge in [0.2, 0.25) is 0 Å². The largest absolute Gasteiger partial charge is 0.489 e. The van der Waals surface area contributed by atoms with Crippen LogP contribution in [0.5, 0.6) is 5.75 Å². The van der Waals surface area contributed by atoms with Gasteiger partial charge in [-0.15, -0.1) is 11.3 Å². The van der Waals surface area contributed by atoms with E-state index in [1.807, 2.05) is 54.9 Å². The highest BCUT2D eigenvalue weighted by Crippen LogP contribution is 2.35. The number of aryl methyl sites for hydroxylation is 1. The third kappa shape index (κ3) is 5.57. The summed E-state index contributed by atoms with van der Waals surface area (Å²) in [5.41, 5.74) is 5.61. The van der Waals surface area contributed by atoms with Crippen LogP contribution in [0.1, 0.15) is 39.5 Å². The highest BCUT2D eigenvalue weighted by molar-refractivity contribution is 7.17. The molecular formula is C29H24Cl2N2O3S. The number of carbonyl (C=O) groups excluding carboxylic acids is 1. The molecule has 1 unspecified atom stereocenters. The average Bonchev–Trinajstić information content (AvgIpc) is 3.53. The summed E-state index contributed by atoms with van der Waals surface area (Å²) in [7, 11) is 0. The van der Waals surface area contributed by atoms with E-state index in [2.05, 4.69) is 22.1 Å². The Kier molecular flexibility index (Phi) is 7.60. The lowest BCUT2D eigenvalue weighted by molar-refractivity contribution is 0.0528. The van der Waals surface area contributed by atoms with Crippen LogP contribution in [0.15, 0.2) is 65.1 Å². The van der Waals surface area contributed by atoms with E-state index in [1.54, 1.807) is 6.92 Å². The number of fused-ring (bicyclic) bond motifs is 1. The Morgan fingerprint density at radius 1 is 1.14 bits per heavy atom. The smallest absolute Gasteiger partial charge is 0.341 e. The first kappa shape index (κ1) is 25.5. The minimum absolute atomic E-state index is 0.0854. The van der Waals surface area contributed by atoms with Crippen LogP contribution in [0.3, 0.4) is 0 Å². The number of nitrogens with zero attached hydrogens (tertiary/aromatic N) is 2. The zero-order chi connectivity index (χ0) is 25.9. The Hall–Kier alpha value is -3.19. The number of aromatic nitrogens is 1. The van der Waals surface area contributed by atoms with E-state index in [4.69, 9.17) is 32.7 Å². The second-order valence-corrected chi connectivity index (χ2v) is 10.4. The molecule has 0 fully saturated rings. The lowest BCUT2D eigenvalue weighted by Gasteiger charge is -2.11. The fourth-order valence-electron chi connectivity index (χ4n) is 4.23. The number of hydrogen-bond donors (Lipinski definition) is 0. The molecule has 1 aliphatic rings. The predicted molar refractivity (Wildman–Crippen MR) is 152 cm³/mol. The van der Waals surface area contributed by atoms with Gasteiger partial charge < -0.3 is 9.47 Å². The van der Waals surface area contributed by atoms with Crippen LogP contribution >= 0.6 is 34.5 Å². The van der Waals surface area contributed by atoms with Gasteiger partial charge in [0.05, 0.1) is 22.9 Å². The molecular weight excluding hydrogens is 527 g/mol. The number of carbonyl (C=O) groups is 1. The number of halogens is 2. The normalized spacial score (nSPS) is 14.7. The van der Waals surface area contributed by atoms with Gasteiger partial charge in [-0.25, -0.2) is 9.78 Å². The molecule has 0 radical (unpaired) electrons. The molecule has 0 aliphatic carbocycles. The maximum absolute atomic E-state index is 12.4. The molecule has 188 valence electrons. The minimum Gasteiger partial charge on any atom is -0.489 e. The van der Waals surface area contributed by atoms with Crippen LogP contribution in [-0.2, 0) is 17.8 Å². The van der Waals surface area contributed by atoms with Gasteiger partial charge >= 0.3 is 5.97 Å². The van der Waals surface area contributed by atoms with Gasteiger partial charge in [0.15, 0.2) is 0 Å². The highest BCUT2D eigenvalue weighted by atomic mass is 35.5. The number of esters is 1. The van der Waals surface area contributed by atoms with Gasteiger partial charge in [-0.1, -0.05) is 53.5 Å². The quantitative estimate of drug-likeness (QED) is 0.166. The number of hydrogen-bond acceptors (Lipinski definition) is 6. The van der Waals surface area contributed by atoms with E-state index in [0.717, 1.165) is 49.5 Å². The summed E-state index contributed by atoms with van der Waals surface area (Å²) < 4.78 is 12.2. The van der Waals surface area contributed by atoms with Crippen LogP contribution in [0, 0.1) is 6.92 Å². The molecule has 0 bridgehead atoms. The second kappa shape index (κ2) is 11.1. The van der Waals surface area contributed by atoms with Crippen LogP contribution < -0.4 is 4.74 Å². The Bertz CT molecular complexity index is 1530. The Morgan fingerprint density at radius 3 is 2.73 bits per heavy atom. The second-order valence-electron chi connectivity index (χ2n) is 8.72. The monoisotopic (exact) mass is 550 g/mol. The molecule has 3 heterocycles. The number of aliphatic imine (C=N–C) groups is 1. The Labute approximate surface area is 229 Å². The summed E-state index contributed by atoms with van der Waals surface area (Å²) in [5.74, 6) is 0.369. The third-order valence-electron chi connectivity index (χ3n) is 6.16. The predicted octanol–water partition coefficient (Wildman–Crippen LogP) is 7.75. The first-order chi connectivity index (χ1) is 17.9. The number of thiophene rings is 1. The van der Waals surface area contributed by atoms with E-state index in [9.17, 15) is 4.79 Å². The van der Waals surface area contributed by atoms with Crippen molar-refractivity contribution in [2.75, 3.05) is 6.61 Å². The summed E-state index contributed by atoms with van der Waals surface area (Å²) >= 11 is 13.9. The Morgan fingerprint density at radius 2 is 1.95 bits per heavy atom. The molecule has 0 saturated carbocycles. The molecule has 0 amide bonds. The third-order valence-corrected chi connectivity index (χ3v) is 7.76. The van der Waals surface area contributed by atoms with E-state index >= 15 is 0 Å². The van der Waals surface area contributed by atoms with E-state index in [0.29, 0.717) is 23.9 Å². The molecule has 5 rings (SSSR count). The topological polar surface area (TPSA) is 60.8 Å². The lowest BCUT2D eigenvalue weighted by Crippen LogP contribution is -2.05. The fourth-order valence-corrected chi connectivity index (χ4v) is 5.73. The number of pyridine rings is 1. The van der Waals surface area contributed by atoms with Crippen molar-refractivity contribution in [1.82, 2.24) is 4.98 Å². The van der Waals surface area contributed by atoms with Crippen LogP contribution in [0.2, 0.25) is 10.2 Å². The number of allylic oxidation sites excluding steroid dienone is 1.